The zero-order valence-corrected chi connectivity index (χ0v) is 13.2. The Labute approximate surface area is 111 Å². The third-order valence-corrected chi connectivity index (χ3v) is 4.50. The number of rotatable bonds is 6. The topological polar surface area (TPSA) is 56.2 Å². The van der Waals surface area contributed by atoms with Gasteiger partial charge in [-0.2, -0.15) is 0 Å². The van der Waals surface area contributed by atoms with E-state index >= 15 is 0 Å². The molecule has 0 rings (SSSR count). The predicted molar refractivity (Wildman–Crippen MR) is 76.4 cm³/mol. The predicted octanol–water partition coefficient (Wildman–Crippen LogP) is 0.137. The normalized spacial score (nSPS) is 11.5. The molecular formula is C11H26N4O2S. The van der Waals surface area contributed by atoms with Crippen LogP contribution in [0.3, 0.4) is 0 Å². The molecular weight excluding hydrogens is 252 g/mol. The van der Waals surface area contributed by atoms with Gasteiger partial charge < -0.3 is 9.80 Å². The molecule has 18 heavy (non-hydrogen) atoms. The quantitative estimate of drug-likeness (QED) is 0.512. The summed E-state index contributed by atoms with van der Waals surface area (Å²) >= 11 is 0. The molecule has 0 bridgehead atoms. The van der Waals surface area contributed by atoms with Gasteiger partial charge in [-0.15, -0.1) is 0 Å². The fraction of sp³-hybridized carbons (Fsp3) is 0.909. The van der Waals surface area contributed by atoms with Crippen LogP contribution < -0.4 is 0 Å². The van der Waals surface area contributed by atoms with E-state index in [-0.39, 0.29) is 12.3 Å². The van der Waals surface area contributed by atoms with Crippen LogP contribution in [-0.2, 0) is 10.0 Å². The van der Waals surface area contributed by atoms with Crippen LogP contribution in [-0.4, -0.2) is 82.1 Å². The molecule has 0 amide bonds. The maximum absolute atomic E-state index is 11.9. The van der Waals surface area contributed by atoms with Crippen molar-refractivity contribution in [3.63, 3.8) is 0 Å². The van der Waals surface area contributed by atoms with Crippen LogP contribution in [0.15, 0.2) is 4.99 Å². The first-order valence-electron chi connectivity index (χ1n) is 6.13. The molecule has 0 aliphatic heterocycles. The zero-order chi connectivity index (χ0) is 14.3. The van der Waals surface area contributed by atoms with Gasteiger partial charge in [0, 0.05) is 41.3 Å². The van der Waals surface area contributed by atoms with Gasteiger partial charge in [-0.1, -0.05) is 13.8 Å². The first-order chi connectivity index (χ1) is 8.26. The van der Waals surface area contributed by atoms with Crippen molar-refractivity contribution in [1.29, 1.82) is 0 Å². The molecule has 108 valence electrons. The van der Waals surface area contributed by atoms with Crippen LogP contribution in [0.1, 0.15) is 13.8 Å². The largest absolute Gasteiger partial charge is 0.349 e. The summed E-state index contributed by atoms with van der Waals surface area (Å²) in [5.74, 6) is 0.824. The molecule has 0 aromatic carbocycles. The zero-order valence-electron chi connectivity index (χ0n) is 12.3. The number of sulfonamides is 1. The standard InChI is InChI=1S/C11H26N4O2S/c1-7-15(8-2)18(16,17)10-9-12-11(13(3)4)14(5)6/h7-10H2,1-6H3. The number of guanidine groups is 1. The van der Waals surface area contributed by atoms with Gasteiger partial charge in [-0.05, 0) is 0 Å². The Kier molecular flexibility index (Phi) is 7.23. The molecule has 0 saturated carbocycles. The lowest BCUT2D eigenvalue weighted by Crippen LogP contribution is -2.37. The van der Waals surface area contributed by atoms with Crippen molar-refractivity contribution in [2.75, 3.05) is 53.6 Å². The molecule has 0 radical (unpaired) electrons. The molecule has 0 saturated heterocycles. The fourth-order valence-electron chi connectivity index (χ4n) is 1.69. The van der Waals surface area contributed by atoms with Gasteiger partial charge in [0.25, 0.3) is 0 Å². The molecule has 0 aliphatic rings. The monoisotopic (exact) mass is 278 g/mol. The SMILES string of the molecule is CCN(CC)S(=O)(=O)CCN=C(N(C)C)N(C)C. The average Bonchev–Trinajstić information content (AvgIpc) is 2.24. The molecule has 6 nitrogen and oxygen atoms in total. The molecule has 0 heterocycles. The summed E-state index contributed by atoms with van der Waals surface area (Å²) in [6.07, 6.45) is 0. The number of hydrogen-bond donors (Lipinski definition) is 0. The molecule has 0 N–H and O–H groups in total. The number of aliphatic imine (C=N–C) groups is 1. The van der Waals surface area contributed by atoms with Crippen molar-refractivity contribution in [2.45, 2.75) is 13.8 Å². The second kappa shape index (κ2) is 7.58. The van der Waals surface area contributed by atoms with Gasteiger partial charge in [0.15, 0.2) is 5.96 Å². The lowest BCUT2D eigenvalue weighted by atomic mass is 10.7. The molecule has 0 aliphatic carbocycles. The Balaban J connectivity index is 4.62. The summed E-state index contributed by atoms with van der Waals surface area (Å²) in [7, 11) is 4.37. The summed E-state index contributed by atoms with van der Waals surface area (Å²) in [6, 6.07) is 0. The van der Waals surface area contributed by atoms with Gasteiger partial charge in [0.05, 0.1) is 12.3 Å². The summed E-state index contributed by atoms with van der Waals surface area (Å²) in [5, 5.41) is 0. The third kappa shape index (κ3) is 5.22. The van der Waals surface area contributed by atoms with Crippen LogP contribution >= 0.6 is 0 Å². The van der Waals surface area contributed by atoms with E-state index in [0.29, 0.717) is 13.1 Å². The second-order valence-electron chi connectivity index (χ2n) is 4.37. The number of nitrogens with zero attached hydrogens (tertiary/aromatic N) is 4. The molecule has 0 spiro atoms. The highest BCUT2D eigenvalue weighted by molar-refractivity contribution is 7.89. The Bertz CT molecular complexity index is 349. The van der Waals surface area contributed by atoms with Crippen molar-refractivity contribution < 1.29 is 8.42 Å². The molecule has 0 aromatic heterocycles. The lowest BCUT2D eigenvalue weighted by Gasteiger charge is -2.23. The van der Waals surface area contributed by atoms with Crippen LogP contribution in [0, 0.1) is 0 Å². The number of hydrogen-bond acceptors (Lipinski definition) is 3. The van der Waals surface area contributed by atoms with Gasteiger partial charge >= 0.3 is 0 Å². The van der Waals surface area contributed by atoms with E-state index in [0.717, 1.165) is 5.96 Å². The fourth-order valence-corrected chi connectivity index (χ4v) is 3.06. The summed E-state index contributed by atoms with van der Waals surface area (Å²) in [4.78, 5) is 8.05. The Morgan fingerprint density at radius 3 is 1.78 bits per heavy atom. The minimum absolute atomic E-state index is 0.0554. The van der Waals surface area contributed by atoms with E-state index in [1.807, 2.05) is 51.8 Å². The van der Waals surface area contributed by atoms with E-state index in [2.05, 4.69) is 4.99 Å². The first kappa shape index (κ1) is 17.2. The van der Waals surface area contributed by atoms with Crippen molar-refractivity contribution in [3.05, 3.63) is 0 Å². The first-order valence-corrected chi connectivity index (χ1v) is 7.74. The highest BCUT2D eigenvalue weighted by atomic mass is 32.2. The van der Waals surface area contributed by atoms with Crippen LogP contribution in [0.5, 0.6) is 0 Å². The molecule has 7 heteroatoms. The smallest absolute Gasteiger partial charge is 0.215 e. The Morgan fingerprint density at radius 1 is 1.00 bits per heavy atom. The average molecular weight is 278 g/mol. The van der Waals surface area contributed by atoms with Gasteiger partial charge in [0.2, 0.25) is 10.0 Å². The summed E-state index contributed by atoms with van der Waals surface area (Å²) < 4.78 is 25.4. The third-order valence-electron chi connectivity index (χ3n) is 2.50. The molecule has 0 unspecified atom stereocenters. The maximum atomic E-state index is 11.9. The molecule has 0 aromatic rings. The van der Waals surface area contributed by atoms with Crippen LogP contribution in [0.2, 0.25) is 0 Å². The van der Waals surface area contributed by atoms with Crippen molar-refractivity contribution in [1.82, 2.24) is 14.1 Å². The highest BCUT2D eigenvalue weighted by Crippen LogP contribution is 2.01. The highest BCUT2D eigenvalue weighted by Gasteiger charge is 2.18. The Hall–Kier alpha value is -0.820. The maximum Gasteiger partial charge on any atom is 0.215 e. The van der Waals surface area contributed by atoms with E-state index in [9.17, 15) is 8.42 Å². The van der Waals surface area contributed by atoms with E-state index < -0.39 is 10.0 Å². The summed E-state index contributed by atoms with van der Waals surface area (Å²) in [5.41, 5.74) is 0. The van der Waals surface area contributed by atoms with E-state index in [1.165, 1.54) is 4.31 Å². The van der Waals surface area contributed by atoms with Crippen LogP contribution in [0.4, 0.5) is 0 Å². The molecule has 0 atom stereocenters. The second-order valence-corrected chi connectivity index (χ2v) is 6.46. The van der Waals surface area contributed by atoms with Gasteiger partial charge in [0.1, 0.15) is 0 Å². The van der Waals surface area contributed by atoms with Crippen molar-refractivity contribution >= 4 is 16.0 Å². The minimum atomic E-state index is -3.18. The minimum Gasteiger partial charge on any atom is -0.349 e. The van der Waals surface area contributed by atoms with Gasteiger partial charge in [-0.25, -0.2) is 12.7 Å². The Morgan fingerprint density at radius 2 is 1.44 bits per heavy atom. The van der Waals surface area contributed by atoms with Crippen molar-refractivity contribution in [2.24, 2.45) is 4.99 Å². The summed E-state index contributed by atoms with van der Waals surface area (Å²) in [6.45, 7) is 4.99. The van der Waals surface area contributed by atoms with Crippen LogP contribution in [0.25, 0.3) is 0 Å². The molecule has 0 fully saturated rings. The van der Waals surface area contributed by atoms with E-state index in [4.69, 9.17) is 0 Å². The van der Waals surface area contributed by atoms with E-state index in [1.54, 1.807) is 0 Å². The van der Waals surface area contributed by atoms with Gasteiger partial charge in [-0.3, -0.25) is 4.99 Å². The lowest BCUT2D eigenvalue weighted by molar-refractivity contribution is 0.444. The van der Waals surface area contributed by atoms with Crippen molar-refractivity contribution in [3.8, 4) is 0 Å².